The van der Waals surface area contributed by atoms with E-state index >= 15 is 0 Å². The van der Waals surface area contributed by atoms with Crippen molar-refractivity contribution in [2.45, 2.75) is 52.5 Å². The van der Waals surface area contributed by atoms with Crippen molar-refractivity contribution in [1.29, 1.82) is 0 Å². The molecule has 1 N–H and O–H groups in total. The van der Waals surface area contributed by atoms with E-state index in [-0.39, 0.29) is 6.04 Å². The average molecular weight is 402 g/mol. The summed E-state index contributed by atoms with van der Waals surface area (Å²) in [6.07, 6.45) is 3.68. The Balaban J connectivity index is 2.08. The zero-order valence-corrected chi connectivity index (χ0v) is 17.8. The van der Waals surface area contributed by atoms with Gasteiger partial charge < -0.3 is 9.15 Å². The van der Waals surface area contributed by atoms with E-state index in [0.717, 1.165) is 50.3 Å². The van der Waals surface area contributed by atoms with Crippen LogP contribution in [0.15, 0.2) is 16.5 Å². The van der Waals surface area contributed by atoms with E-state index in [1.807, 2.05) is 19.1 Å². The Hall–Kier alpha value is -0.930. The highest BCUT2D eigenvalue weighted by Crippen LogP contribution is 2.23. The van der Waals surface area contributed by atoms with Crippen LogP contribution in [0.5, 0.6) is 0 Å². The molecule has 0 radical (unpaired) electrons. The number of nitrogens with zero attached hydrogens (tertiary/aromatic N) is 2. The second kappa shape index (κ2) is 11.2. The van der Waals surface area contributed by atoms with Crippen LogP contribution in [0.4, 0.5) is 0 Å². The van der Waals surface area contributed by atoms with Crippen LogP contribution in [-0.4, -0.2) is 63.6 Å². The van der Waals surface area contributed by atoms with Crippen molar-refractivity contribution in [1.82, 2.24) is 13.9 Å². The number of furan rings is 1. The predicted molar refractivity (Wildman–Crippen MR) is 107 cm³/mol. The summed E-state index contributed by atoms with van der Waals surface area (Å²) in [7, 11) is -3.52. The lowest BCUT2D eigenvalue weighted by atomic mass is 10.2. The molecular formula is C19H35N3O4S. The van der Waals surface area contributed by atoms with E-state index in [2.05, 4.69) is 23.5 Å². The number of ether oxygens (including phenoxy) is 1. The van der Waals surface area contributed by atoms with Crippen LogP contribution in [-0.2, 0) is 14.9 Å². The molecule has 0 aromatic carbocycles. The molecule has 1 saturated heterocycles. The largest absolute Gasteiger partial charge is 0.465 e. The van der Waals surface area contributed by atoms with Crippen LogP contribution in [0.3, 0.4) is 0 Å². The van der Waals surface area contributed by atoms with Gasteiger partial charge in [-0.25, -0.2) is 4.72 Å². The van der Waals surface area contributed by atoms with E-state index in [4.69, 9.17) is 9.15 Å². The molecule has 8 heteroatoms. The van der Waals surface area contributed by atoms with Crippen LogP contribution in [0.2, 0.25) is 0 Å². The lowest BCUT2D eigenvalue weighted by Crippen LogP contribution is -2.47. The standard InChI is InChI=1S/C19H35N3O4S/c1-4-6-10-22(11-7-5-2)27(23,24)20-16-18(19-9-8-17(3)26-19)21-12-14-25-15-13-21/h8-9,18,20H,4-7,10-16H2,1-3H3/t18-/m1/s1. The highest BCUT2D eigenvalue weighted by molar-refractivity contribution is 7.87. The van der Waals surface area contributed by atoms with Gasteiger partial charge in [0.15, 0.2) is 0 Å². The van der Waals surface area contributed by atoms with E-state index in [9.17, 15) is 8.42 Å². The predicted octanol–water partition coefficient (Wildman–Crippen LogP) is 2.70. The molecule has 1 aliphatic heterocycles. The molecule has 2 heterocycles. The van der Waals surface area contributed by atoms with Crippen molar-refractivity contribution in [3.05, 3.63) is 23.7 Å². The van der Waals surface area contributed by atoms with Gasteiger partial charge in [0.05, 0.1) is 19.3 Å². The van der Waals surface area contributed by atoms with Gasteiger partial charge in [-0.1, -0.05) is 26.7 Å². The van der Waals surface area contributed by atoms with Gasteiger partial charge in [-0.3, -0.25) is 4.90 Å². The number of hydrogen-bond donors (Lipinski definition) is 1. The van der Waals surface area contributed by atoms with Gasteiger partial charge in [-0.15, -0.1) is 0 Å². The Bertz CT molecular complexity index is 633. The second-order valence-corrected chi connectivity index (χ2v) is 8.83. The molecule has 1 aromatic heterocycles. The minimum absolute atomic E-state index is 0.128. The molecule has 1 aliphatic rings. The van der Waals surface area contributed by atoms with Gasteiger partial charge in [-0.05, 0) is 31.9 Å². The number of aryl methyl sites for hydroxylation is 1. The van der Waals surface area contributed by atoms with Gasteiger partial charge >= 0.3 is 0 Å². The highest BCUT2D eigenvalue weighted by atomic mass is 32.2. The maximum atomic E-state index is 12.9. The zero-order valence-electron chi connectivity index (χ0n) is 16.9. The van der Waals surface area contributed by atoms with Crippen molar-refractivity contribution in [2.24, 2.45) is 0 Å². The maximum absolute atomic E-state index is 12.9. The molecule has 0 unspecified atom stereocenters. The summed E-state index contributed by atoms with van der Waals surface area (Å²) in [5.41, 5.74) is 0. The van der Waals surface area contributed by atoms with Crippen molar-refractivity contribution in [3.63, 3.8) is 0 Å². The highest BCUT2D eigenvalue weighted by Gasteiger charge is 2.28. The number of hydrogen-bond acceptors (Lipinski definition) is 5. The summed E-state index contributed by atoms with van der Waals surface area (Å²) < 4.78 is 41.5. The van der Waals surface area contributed by atoms with Crippen molar-refractivity contribution < 1.29 is 17.6 Å². The van der Waals surface area contributed by atoms with Crippen LogP contribution < -0.4 is 4.72 Å². The van der Waals surface area contributed by atoms with E-state index in [0.29, 0.717) is 32.8 Å². The van der Waals surface area contributed by atoms with Crippen LogP contribution in [0.25, 0.3) is 0 Å². The summed E-state index contributed by atoms with van der Waals surface area (Å²) in [5, 5.41) is 0. The van der Waals surface area contributed by atoms with E-state index < -0.39 is 10.2 Å². The molecule has 27 heavy (non-hydrogen) atoms. The third-order valence-corrected chi connectivity index (χ3v) is 6.47. The smallest absolute Gasteiger partial charge is 0.279 e. The molecule has 0 saturated carbocycles. The minimum atomic E-state index is -3.52. The fraction of sp³-hybridized carbons (Fsp3) is 0.789. The SMILES string of the molecule is CCCCN(CCCC)S(=O)(=O)NC[C@H](c1ccc(C)o1)N1CCOCC1. The van der Waals surface area contributed by atoms with Gasteiger partial charge in [0.2, 0.25) is 0 Å². The monoisotopic (exact) mass is 401 g/mol. The lowest BCUT2D eigenvalue weighted by Gasteiger charge is -2.34. The fourth-order valence-corrected chi connectivity index (χ4v) is 4.52. The Morgan fingerprint density at radius 3 is 2.30 bits per heavy atom. The molecule has 1 atom stereocenters. The maximum Gasteiger partial charge on any atom is 0.279 e. The first-order chi connectivity index (χ1) is 13.0. The fourth-order valence-electron chi connectivity index (χ4n) is 3.23. The topological polar surface area (TPSA) is 75.0 Å². The summed E-state index contributed by atoms with van der Waals surface area (Å²) in [6.45, 7) is 10.3. The van der Waals surface area contributed by atoms with Gasteiger partial charge in [0, 0.05) is 32.7 Å². The molecule has 7 nitrogen and oxygen atoms in total. The summed E-state index contributed by atoms with van der Waals surface area (Å²) >= 11 is 0. The summed E-state index contributed by atoms with van der Waals surface area (Å²) in [6, 6.07) is 3.73. The Morgan fingerprint density at radius 1 is 1.15 bits per heavy atom. The Labute approximate surface area is 164 Å². The van der Waals surface area contributed by atoms with E-state index in [1.165, 1.54) is 0 Å². The molecule has 156 valence electrons. The van der Waals surface area contributed by atoms with Crippen molar-refractivity contribution in [3.8, 4) is 0 Å². The van der Waals surface area contributed by atoms with E-state index in [1.54, 1.807) is 4.31 Å². The van der Waals surface area contributed by atoms with Gasteiger partial charge in [0.1, 0.15) is 11.5 Å². The molecule has 2 rings (SSSR count). The Kier molecular flexibility index (Phi) is 9.25. The van der Waals surface area contributed by atoms with Gasteiger partial charge in [0.25, 0.3) is 10.2 Å². The summed E-state index contributed by atoms with van der Waals surface area (Å²) in [4.78, 5) is 2.23. The normalized spacial score (nSPS) is 17.5. The van der Waals surface area contributed by atoms with Crippen LogP contribution in [0.1, 0.15) is 57.1 Å². The minimum Gasteiger partial charge on any atom is -0.465 e. The first kappa shape index (κ1) is 22.4. The molecule has 0 bridgehead atoms. The summed E-state index contributed by atoms with van der Waals surface area (Å²) in [5.74, 6) is 1.63. The van der Waals surface area contributed by atoms with Crippen molar-refractivity contribution >= 4 is 10.2 Å². The average Bonchev–Trinajstić information content (AvgIpc) is 3.08. The zero-order chi connectivity index (χ0) is 19.7. The second-order valence-electron chi connectivity index (χ2n) is 7.07. The number of unbranched alkanes of at least 4 members (excludes halogenated alkanes) is 2. The molecule has 0 aliphatic carbocycles. The first-order valence-electron chi connectivity index (χ1n) is 10.1. The first-order valence-corrected chi connectivity index (χ1v) is 11.5. The third kappa shape index (κ3) is 6.87. The number of rotatable bonds is 12. The number of morpholine rings is 1. The number of nitrogens with one attached hydrogen (secondary N) is 1. The Morgan fingerprint density at radius 2 is 1.78 bits per heavy atom. The third-order valence-electron chi connectivity index (χ3n) is 4.90. The van der Waals surface area contributed by atoms with Crippen LogP contribution in [0, 0.1) is 6.92 Å². The lowest BCUT2D eigenvalue weighted by molar-refractivity contribution is 0.0126. The molecule has 0 spiro atoms. The quantitative estimate of drug-likeness (QED) is 0.583. The molecular weight excluding hydrogens is 366 g/mol. The van der Waals surface area contributed by atoms with Crippen molar-refractivity contribution in [2.75, 3.05) is 45.9 Å². The van der Waals surface area contributed by atoms with Crippen LogP contribution >= 0.6 is 0 Å². The molecule has 0 amide bonds. The molecule has 1 fully saturated rings. The molecule has 1 aromatic rings. The van der Waals surface area contributed by atoms with Gasteiger partial charge in [-0.2, -0.15) is 12.7 Å².